The first-order valence-electron chi connectivity index (χ1n) is 9.82. The summed E-state index contributed by atoms with van der Waals surface area (Å²) in [6.07, 6.45) is 0.0944. The number of rotatable bonds is 4. The second-order valence-corrected chi connectivity index (χ2v) is 12.0. The van der Waals surface area contributed by atoms with E-state index >= 15 is 0 Å². The molecule has 0 aliphatic carbocycles. The van der Waals surface area contributed by atoms with Crippen molar-refractivity contribution in [2.24, 2.45) is 5.73 Å². The Morgan fingerprint density at radius 1 is 0.886 bits per heavy atom. The normalized spacial score (nSPS) is 8.36. The van der Waals surface area contributed by atoms with Crippen molar-refractivity contribution < 1.29 is 41.5 Å². The van der Waals surface area contributed by atoms with Crippen LogP contribution < -0.4 is 21.7 Å². The van der Waals surface area contributed by atoms with Gasteiger partial charge in [0.1, 0.15) is 24.5 Å². The number of urea groups is 2. The molecule has 0 aliphatic rings. The summed E-state index contributed by atoms with van der Waals surface area (Å²) in [5, 5.41) is 29.7. The van der Waals surface area contributed by atoms with Gasteiger partial charge in [-0.05, 0) is 81.6 Å². The third-order valence-corrected chi connectivity index (χ3v) is 4.43. The summed E-state index contributed by atoms with van der Waals surface area (Å²) in [6, 6.07) is 10.1. The van der Waals surface area contributed by atoms with E-state index in [1.807, 2.05) is 50.5 Å². The number of nitrogens with one attached hydrogen (secondary N) is 3. The first kappa shape index (κ1) is 53.2. The predicted octanol–water partition coefficient (Wildman–Crippen LogP) is 6.63. The maximum Gasteiger partial charge on any atom is 0.325 e. The standard InChI is InChI=1S/C10H7FIN3O2.C7H6FIN2O.C3H3NO2.CH3ClO2S.4CH4/c11-7-5-6(12)1-2-8(7)14-10(17)15-9(16)3-4-13;8-5-3-4(9)1-2-6(5)11-7(10)12;4-2-1-3(5)6;1-5(2,3)4;;;;/h1-2,5H,3H2,(H2,14,15,16,17);1-3H,(H3,10,11,12);1H2,(H,5,6);1H3;4*1H4. The molecule has 0 atom stereocenters. The molecule has 13 nitrogen and oxygen atoms in total. The second-order valence-electron chi connectivity index (χ2n) is 6.49. The number of imide groups is 1. The Bertz CT molecular complexity index is 1400. The third kappa shape index (κ3) is 33.2. The number of carboxylic acid groups (broad SMARTS) is 1. The number of hydrogen-bond acceptors (Lipinski definition) is 8. The number of nitriles is 2. The van der Waals surface area contributed by atoms with Crippen molar-refractivity contribution in [1.29, 1.82) is 10.5 Å². The van der Waals surface area contributed by atoms with E-state index in [4.69, 9.17) is 21.4 Å². The largest absolute Gasteiger partial charge is 0.480 e. The van der Waals surface area contributed by atoms with Crippen molar-refractivity contribution >= 4 is 100 Å². The smallest absolute Gasteiger partial charge is 0.325 e. The molecule has 44 heavy (non-hydrogen) atoms. The number of hydrogen-bond donors (Lipinski definition) is 5. The quantitative estimate of drug-likeness (QED) is 0.164. The van der Waals surface area contributed by atoms with Crippen LogP contribution in [-0.4, -0.2) is 43.7 Å². The Labute approximate surface area is 288 Å². The highest BCUT2D eigenvalue weighted by Gasteiger charge is 2.10. The molecule has 0 aromatic heterocycles. The van der Waals surface area contributed by atoms with Crippen LogP contribution in [0.4, 0.5) is 29.7 Å². The lowest BCUT2D eigenvalue weighted by Gasteiger charge is -2.06. The van der Waals surface area contributed by atoms with E-state index < -0.39 is 57.5 Å². The van der Waals surface area contributed by atoms with E-state index in [0.29, 0.717) is 3.57 Å². The van der Waals surface area contributed by atoms with Crippen molar-refractivity contribution in [3.8, 4) is 12.1 Å². The fraction of sp³-hybridized carbons (Fsp3) is 0.280. The van der Waals surface area contributed by atoms with Gasteiger partial charge < -0.3 is 21.5 Å². The lowest BCUT2D eigenvalue weighted by molar-refractivity contribution is -0.135. The zero-order chi connectivity index (χ0) is 31.5. The summed E-state index contributed by atoms with van der Waals surface area (Å²) in [4.78, 5) is 41.8. The number of aliphatic carboxylic acids is 1. The van der Waals surface area contributed by atoms with Gasteiger partial charge in [0, 0.05) is 17.8 Å². The van der Waals surface area contributed by atoms with Crippen LogP contribution in [0.2, 0.25) is 0 Å². The molecule has 0 unspecified atom stereocenters. The SMILES string of the molecule is C.C.C.C.CS(=O)(=O)Cl.N#CCC(=O)NC(=O)Nc1ccc(I)cc1F.N#CCC(=O)O.NC(=O)Nc1ccc(I)cc1F. The Balaban J connectivity index is -0.000000118. The number of anilines is 2. The molecule has 5 amide bonds. The number of nitrogens with zero attached hydrogens (tertiary/aromatic N) is 2. The summed E-state index contributed by atoms with van der Waals surface area (Å²) >= 11 is 3.90. The molecule has 2 rings (SSSR count). The molecule has 0 heterocycles. The van der Waals surface area contributed by atoms with E-state index in [-0.39, 0.29) is 41.1 Å². The molecule has 6 N–H and O–H groups in total. The van der Waals surface area contributed by atoms with Crippen LogP contribution in [0.3, 0.4) is 0 Å². The minimum Gasteiger partial charge on any atom is -0.480 e. The van der Waals surface area contributed by atoms with Crippen molar-refractivity contribution in [3.63, 3.8) is 0 Å². The lowest BCUT2D eigenvalue weighted by Crippen LogP contribution is -2.34. The zero-order valence-corrected chi connectivity index (χ0v) is 25.9. The molecular weight excluding hydrogens is 856 g/mol. The van der Waals surface area contributed by atoms with Crippen LogP contribution in [0.1, 0.15) is 42.5 Å². The van der Waals surface area contributed by atoms with Gasteiger partial charge >= 0.3 is 18.0 Å². The highest BCUT2D eigenvalue weighted by molar-refractivity contribution is 14.1. The van der Waals surface area contributed by atoms with Gasteiger partial charge in [-0.25, -0.2) is 26.8 Å². The molecular formula is C25H35ClF2I2N6O7S. The molecule has 19 heteroatoms. The minimum atomic E-state index is -3.19. The van der Waals surface area contributed by atoms with Crippen molar-refractivity contribution in [2.45, 2.75) is 42.5 Å². The first-order valence-corrected chi connectivity index (χ1v) is 14.7. The van der Waals surface area contributed by atoms with Gasteiger partial charge in [-0.2, -0.15) is 10.5 Å². The molecule has 0 saturated heterocycles. The third-order valence-electron chi connectivity index (χ3n) is 3.09. The number of carbonyl (C=O) groups is 4. The van der Waals surface area contributed by atoms with E-state index in [1.54, 1.807) is 18.2 Å². The van der Waals surface area contributed by atoms with Gasteiger partial charge in [0.15, 0.2) is 0 Å². The number of amides is 5. The van der Waals surface area contributed by atoms with Gasteiger partial charge in [-0.1, -0.05) is 29.7 Å². The molecule has 0 bridgehead atoms. The van der Waals surface area contributed by atoms with Crippen molar-refractivity contribution in [2.75, 3.05) is 16.9 Å². The predicted molar refractivity (Wildman–Crippen MR) is 184 cm³/mol. The highest BCUT2D eigenvalue weighted by atomic mass is 127. The average molecular weight is 891 g/mol. The summed E-state index contributed by atoms with van der Waals surface area (Å²) in [5.74, 6) is -2.89. The highest BCUT2D eigenvalue weighted by Crippen LogP contribution is 2.17. The van der Waals surface area contributed by atoms with Crippen LogP contribution in [0.25, 0.3) is 0 Å². The van der Waals surface area contributed by atoms with Gasteiger partial charge in [-0.15, -0.1) is 0 Å². The Hall–Kier alpha value is -3.34. The Morgan fingerprint density at radius 3 is 1.52 bits per heavy atom. The van der Waals surface area contributed by atoms with Crippen LogP contribution in [0.5, 0.6) is 0 Å². The molecule has 0 aliphatic heterocycles. The molecule has 248 valence electrons. The van der Waals surface area contributed by atoms with Gasteiger partial charge in [0.05, 0.1) is 29.8 Å². The maximum atomic E-state index is 13.3. The summed E-state index contributed by atoms with van der Waals surface area (Å²) in [6.45, 7) is 0. The monoisotopic (exact) mass is 890 g/mol. The fourth-order valence-corrected chi connectivity index (χ4v) is 2.68. The van der Waals surface area contributed by atoms with E-state index in [1.165, 1.54) is 30.3 Å². The van der Waals surface area contributed by atoms with E-state index in [9.17, 15) is 36.4 Å². The molecule has 2 aromatic carbocycles. The number of nitrogens with two attached hydrogens (primary N) is 1. The minimum absolute atomic E-state index is 0. The number of carbonyl (C=O) groups excluding carboxylic acids is 3. The maximum absolute atomic E-state index is 13.3. The van der Waals surface area contributed by atoms with E-state index in [2.05, 4.69) is 21.3 Å². The molecule has 0 fully saturated rings. The van der Waals surface area contributed by atoms with Crippen molar-refractivity contribution in [1.82, 2.24) is 5.32 Å². The number of primary amides is 1. The summed E-state index contributed by atoms with van der Waals surface area (Å²) in [7, 11) is 1.31. The topological polar surface area (TPSA) is 232 Å². The zero-order valence-electron chi connectivity index (χ0n) is 20.0. The van der Waals surface area contributed by atoms with Crippen LogP contribution >= 0.6 is 55.9 Å². The number of carboxylic acids is 1. The lowest BCUT2D eigenvalue weighted by atomic mass is 10.3. The Kier molecular flexibility index (Phi) is 34.4. The van der Waals surface area contributed by atoms with Gasteiger partial charge in [0.25, 0.3) is 0 Å². The van der Waals surface area contributed by atoms with Gasteiger partial charge in [0.2, 0.25) is 15.0 Å². The molecule has 0 radical (unpaired) electrons. The fourth-order valence-electron chi connectivity index (χ4n) is 1.78. The van der Waals surface area contributed by atoms with Crippen LogP contribution in [0, 0.1) is 41.4 Å². The van der Waals surface area contributed by atoms with Crippen LogP contribution in [0.15, 0.2) is 36.4 Å². The average Bonchev–Trinajstić information content (AvgIpc) is 2.77. The second kappa shape index (κ2) is 28.4. The van der Waals surface area contributed by atoms with Gasteiger partial charge in [-0.3, -0.25) is 14.9 Å². The van der Waals surface area contributed by atoms with Crippen LogP contribution in [-0.2, 0) is 18.6 Å². The first-order chi connectivity index (χ1) is 18.4. The van der Waals surface area contributed by atoms with E-state index in [0.717, 1.165) is 9.83 Å². The van der Waals surface area contributed by atoms with Crippen molar-refractivity contribution in [3.05, 3.63) is 55.2 Å². The molecule has 2 aromatic rings. The molecule has 0 spiro atoms. The summed E-state index contributed by atoms with van der Waals surface area (Å²) < 4.78 is 46.5. The summed E-state index contributed by atoms with van der Waals surface area (Å²) in [5.41, 5.74) is 4.88. The number of halogens is 5. The molecule has 0 saturated carbocycles. The Morgan fingerprint density at radius 2 is 1.25 bits per heavy atom. The number of benzene rings is 2.